The number of carbonyl (C=O) groups excluding carboxylic acids is 2. The summed E-state index contributed by atoms with van der Waals surface area (Å²) in [6.07, 6.45) is 7.74. The van der Waals surface area contributed by atoms with Gasteiger partial charge in [0.1, 0.15) is 12.3 Å². The number of rotatable bonds is 10. The van der Waals surface area contributed by atoms with Gasteiger partial charge in [-0.3, -0.25) is 9.46 Å². The second kappa shape index (κ2) is 11.7. The Morgan fingerprint density at radius 1 is 1.24 bits per heavy atom. The number of imide groups is 1. The zero-order valence-electron chi connectivity index (χ0n) is 22.0. The van der Waals surface area contributed by atoms with Crippen LogP contribution in [-0.4, -0.2) is 64.2 Å². The molecule has 0 radical (unpaired) electrons. The minimum absolute atomic E-state index is 0.0721. The number of allylic oxidation sites excluding steroid dienone is 3. The summed E-state index contributed by atoms with van der Waals surface area (Å²) in [5.74, 6) is -0.628. The SMILES string of the molecule is CCN(CP(=O)(CCCCc1ccccc1)OC1=C2CC=CC=C2C(=O)O1)C(=O)[N+]1(C(=O)O)CCC[C@H]1C. The maximum absolute atomic E-state index is 14.4. The molecule has 1 aliphatic carbocycles. The molecular formula is C28H36N2O7P+. The van der Waals surface area contributed by atoms with Crippen LogP contribution in [0.15, 0.2) is 65.7 Å². The number of likely N-dealkylation sites (tertiary alicyclic amines) is 1. The number of nitrogens with zero attached hydrogens (tertiary/aromatic N) is 2. The van der Waals surface area contributed by atoms with Crippen LogP contribution in [0.25, 0.3) is 0 Å². The zero-order valence-corrected chi connectivity index (χ0v) is 22.9. The van der Waals surface area contributed by atoms with Crippen LogP contribution in [0.3, 0.4) is 0 Å². The van der Waals surface area contributed by atoms with Gasteiger partial charge in [0.25, 0.3) is 13.3 Å². The summed E-state index contributed by atoms with van der Waals surface area (Å²) in [5, 5.41) is 10.1. The number of amides is 3. The molecule has 10 heteroatoms. The number of fused-ring (bicyclic) bond motifs is 1. The fraction of sp³-hybridized carbons (Fsp3) is 0.464. The molecule has 2 aliphatic heterocycles. The van der Waals surface area contributed by atoms with Gasteiger partial charge in [0.05, 0.1) is 17.7 Å². The number of urea groups is 1. The Balaban J connectivity index is 1.56. The highest BCUT2D eigenvalue weighted by atomic mass is 31.2. The average Bonchev–Trinajstić information content (AvgIpc) is 3.45. The number of hydrogen-bond donors (Lipinski definition) is 1. The monoisotopic (exact) mass is 543 g/mol. The van der Waals surface area contributed by atoms with E-state index in [1.54, 1.807) is 26.0 Å². The van der Waals surface area contributed by atoms with Gasteiger partial charge in [-0.05, 0) is 51.2 Å². The molecule has 9 nitrogen and oxygen atoms in total. The highest BCUT2D eigenvalue weighted by Gasteiger charge is 2.55. The van der Waals surface area contributed by atoms with E-state index in [9.17, 15) is 24.1 Å². The summed E-state index contributed by atoms with van der Waals surface area (Å²) in [6.45, 7) is 3.87. The first-order valence-corrected chi connectivity index (χ1v) is 15.2. The Morgan fingerprint density at radius 2 is 2.00 bits per heavy atom. The van der Waals surface area contributed by atoms with Gasteiger partial charge in [0.2, 0.25) is 0 Å². The lowest BCUT2D eigenvalue weighted by Gasteiger charge is -2.35. The molecule has 2 unspecified atom stereocenters. The minimum atomic E-state index is -3.61. The number of carboxylic acid groups (broad SMARTS) is 1. The Hall–Kier alpha value is -3.16. The van der Waals surface area contributed by atoms with Crippen LogP contribution in [0.2, 0.25) is 0 Å². The molecule has 0 bridgehead atoms. The maximum atomic E-state index is 14.4. The van der Waals surface area contributed by atoms with Crippen molar-refractivity contribution in [2.75, 3.05) is 25.5 Å². The lowest BCUT2D eigenvalue weighted by atomic mass is 10.0. The molecule has 0 aromatic heterocycles. The predicted molar refractivity (Wildman–Crippen MR) is 142 cm³/mol. The number of benzene rings is 1. The highest BCUT2D eigenvalue weighted by Crippen LogP contribution is 2.53. The molecule has 3 atom stereocenters. The number of aryl methyl sites for hydroxylation is 1. The van der Waals surface area contributed by atoms with Crippen molar-refractivity contribution in [3.8, 4) is 0 Å². The number of quaternary nitrogens is 1. The molecule has 4 rings (SSSR count). The first kappa shape index (κ1) is 27.9. The van der Waals surface area contributed by atoms with Gasteiger partial charge in [-0.2, -0.15) is 4.79 Å². The number of esters is 1. The summed E-state index contributed by atoms with van der Waals surface area (Å²) < 4.78 is 25.1. The van der Waals surface area contributed by atoms with Crippen molar-refractivity contribution in [3.63, 3.8) is 0 Å². The lowest BCUT2D eigenvalue weighted by molar-refractivity contribution is -0.791. The summed E-state index contributed by atoms with van der Waals surface area (Å²) in [7, 11) is -3.61. The van der Waals surface area contributed by atoms with Crippen LogP contribution in [0, 0.1) is 0 Å². The first-order valence-electron chi connectivity index (χ1n) is 13.2. The van der Waals surface area contributed by atoms with Crippen molar-refractivity contribution in [2.24, 2.45) is 0 Å². The molecule has 1 fully saturated rings. The van der Waals surface area contributed by atoms with E-state index in [1.165, 1.54) is 10.5 Å². The molecular weight excluding hydrogens is 507 g/mol. The van der Waals surface area contributed by atoms with E-state index in [4.69, 9.17) is 9.26 Å². The number of ether oxygens (including phenoxy) is 1. The number of unbranched alkanes of at least 4 members (excludes halogenated alkanes) is 1. The van der Waals surface area contributed by atoms with Gasteiger partial charge in [0, 0.05) is 25.5 Å². The molecule has 3 amide bonds. The Labute approximate surface area is 223 Å². The molecule has 204 valence electrons. The van der Waals surface area contributed by atoms with Crippen LogP contribution in [0.1, 0.15) is 51.5 Å². The predicted octanol–water partition coefficient (Wildman–Crippen LogP) is 6.04. The van der Waals surface area contributed by atoms with Crippen molar-refractivity contribution in [2.45, 2.75) is 58.4 Å². The van der Waals surface area contributed by atoms with Crippen molar-refractivity contribution >= 4 is 25.5 Å². The minimum Gasteiger partial charge on any atom is -0.435 e. The van der Waals surface area contributed by atoms with E-state index >= 15 is 0 Å². The molecule has 38 heavy (non-hydrogen) atoms. The zero-order chi connectivity index (χ0) is 27.3. The molecule has 2 heterocycles. The summed E-state index contributed by atoms with van der Waals surface area (Å²) in [5.41, 5.74) is 2.09. The van der Waals surface area contributed by atoms with E-state index in [2.05, 4.69) is 0 Å². The summed E-state index contributed by atoms with van der Waals surface area (Å²) >= 11 is 0. The van der Waals surface area contributed by atoms with Crippen LogP contribution in [-0.2, 0) is 25.0 Å². The topological polar surface area (TPSA) is 110 Å². The fourth-order valence-electron chi connectivity index (χ4n) is 5.38. The van der Waals surface area contributed by atoms with E-state index in [-0.39, 0.29) is 37.5 Å². The van der Waals surface area contributed by atoms with Crippen molar-refractivity contribution in [1.82, 2.24) is 4.90 Å². The third-order valence-electron chi connectivity index (χ3n) is 7.61. The standard InChI is InChI=1S/C28H35N2O7P/c1-3-29(27(32)30(28(33)34)18-11-12-21(30)2)20-38(35,19-10-9-15-22-13-5-4-6-14-22)37-26-24-17-8-7-16-23(24)25(31)36-26/h4-8,13-14,16,21H,3,9-12,15,17-20H2,1-2H3/p+1/t21-,30?,38?/m1/s1. The Morgan fingerprint density at radius 3 is 2.66 bits per heavy atom. The highest BCUT2D eigenvalue weighted by molar-refractivity contribution is 7.59. The largest absolute Gasteiger partial charge is 0.523 e. The van der Waals surface area contributed by atoms with Gasteiger partial charge in [-0.1, -0.05) is 42.5 Å². The van der Waals surface area contributed by atoms with Gasteiger partial charge in [-0.25, -0.2) is 9.59 Å². The Kier molecular flexibility index (Phi) is 8.58. The van der Waals surface area contributed by atoms with E-state index < -0.39 is 29.9 Å². The molecule has 1 saturated heterocycles. The fourth-order valence-corrected chi connectivity index (χ4v) is 7.66. The molecule has 1 aromatic carbocycles. The third-order valence-corrected chi connectivity index (χ3v) is 9.88. The molecule has 1 aromatic rings. The van der Waals surface area contributed by atoms with Gasteiger partial charge in [-0.15, -0.1) is 4.48 Å². The van der Waals surface area contributed by atoms with Crippen molar-refractivity contribution in [1.29, 1.82) is 0 Å². The molecule has 3 aliphatic rings. The number of carbonyl (C=O) groups is 3. The molecule has 0 spiro atoms. The normalized spacial score (nSPS) is 23.9. The Bertz CT molecular complexity index is 1220. The van der Waals surface area contributed by atoms with E-state index in [1.807, 2.05) is 36.4 Å². The lowest BCUT2D eigenvalue weighted by Crippen LogP contribution is -2.63. The van der Waals surface area contributed by atoms with Crippen molar-refractivity contribution in [3.05, 3.63) is 71.2 Å². The quantitative estimate of drug-likeness (QED) is 0.166. The van der Waals surface area contributed by atoms with Crippen LogP contribution in [0.5, 0.6) is 0 Å². The summed E-state index contributed by atoms with van der Waals surface area (Å²) in [6, 6.07) is 9.00. The molecule has 0 saturated carbocycles. The van der Waals surface area contributed by atoms with Crippen LogP contribution < -0.4 is 0 Å². The third kappa shape index (κ3) is 5.64. The summed E-state index contributed by atoms with van der Waals surface area (Å²) in [4.78, 5) is 39.7. The number of cyclic esters (lactones) is 1. The number of hydrogen-bond acceptors (Lipinski definition) is 6. The van der Waals surface area contributed by atoms with Gasteiger partial charge >= 0.3 is 18.1 Å². The van der Waals surface area contributed by atoms with Crippen molar-refractivity contribution < 1.29 is 37.8 Å². The molecule has 1 N–H and O–H groups in total. The first-order chi connectivity index (χ1) is 18.2. The van der Waals surface area contributed by atoms with E-state index in [0.29, 0.717) is 36.8 Å². The van der Waals surface area contributed by atoms with Crippen LogP contribution >= 0.6 is 7.37 Å². The van der Waals surface area contributed by atoms with Gasteiger partial charge in [0.15, 0.2) is 0 Å². The van der Waals surface area contributed by atoms with Gasteiger partial charge < -0.3 is 14.4 Å². The second-order valence-electron chi connectivity index (χ2n) is 10.1. The van der Waals surface area contributed by atoms with Crippen LogP contribution in [0.4, 0.5) is 9.59 Å². The average molecular weight is 544 g/mol. The maximum Gasteiger partial charge on any atom is 0.523 e. The smallest absolute Gasteiger partial charge is 0.435 e. The second-order valence-corrected chi connectivity index (χ2v) is 12.6. The van der Waals surface area contributed by atoms with E-state index in [0.717, 1.165) is 12.8 Å².